The molecular weight excluding hydrogens is 416 g/mol. The van der Waals surface area contributed by atoms with Crippen LogP contribution >= 0.6 is 11.6 Å². The van der Waals surface area contributed by atoms with Crippen molar-refractivity contribution in [3.63, 3.8) is 0 Å². The number of carbonyl (C=O) groups is 2. The molecule has 2 aromatic rings. The maximum atomic E-state index is 12.9. The molecule has 0 spiro atoms. The lowest BCUT2D eigenvalue weighted by Crippen LogP contribution is -2.53. The zero-order valence-electron chi connectivity index (χ0n) is 15.3. The van der Waals surface area contributed by atoms with Gasteiger partial charge in [-0.2, -0.15) is 0 Å². The molecule has 1 aliphatic heterocycles. The van der Waals surface area contributed by atoms with Crippen molar-refractivity contribution in [2.75, 3.05) is 18.0 Å². The minimum absolute atomic E-state index is 0.0495. The molecule has 2 N–H and O–H groups in total. The van der Waals surface area contributed by atoms with E-state index in [1.165, 1.54) is 19.2 Å². The minimum atomic E-state index is -4.23. The Labute approximate surface area is 173 Å². The lowest BCUT2D eigenvalue weighted by atomic mass is 10.0. The Kier molecular flexibility index (Phi) is 5.94. The van der Waals surface area contributed by atoms with E-state index in [-0.39, 0.29) is 24.4 Å². The Balaban J connectivity index is 1.91. The summed E-state index contributed by atoms with van der Waals surface area (Å²) in [4.78, 5) is 25.6. The van der Waals surface area contributed by atoms with Crippen LogP contribution in [-0.4, -0.2) is 44.1 Å². The summed E-state index contributed by atoms with van der Waals surface area (Å²) in [6.45, 7) is -0.303. The van der Waals surface area contributed by atoms with Crippen molar-refractivity contribution >= 4 is 39.0 Å². The van der Waals surface area contributed by atoms with Crippen LogP contribution in [0.15, 0.2) is 42.5 Å². The summed E-state index contributed by atoms with van der Waals surface area (Å²) < 4.78 is 26.5. The number of rotatable bonds is 3. The van der Waals surface area contributed by atoms with Crippen LogP contribution in [-0.2, 0) is 21.4 Å². The standard InChI is InChI=1S/C20H17ClN2O5S/c1-23-17-9-6-13(3-2-10-24)11-16(17)18(25)19(29(23,27)28)20(26)22-12-14-4-7-15(21)8-5-14/h4-9,11,19,24H,10,12H2,1H3,(H,22,26). The van der Waals surface area contributed by atoms with Gasteiger partial charge < -0.3 is 10.4 Å². The second kappa shape index (κ2) is 8.25. The van der Waals surface area contributed by atoms with Crippen LogP contribution in [0, 0.1) is 11.8 Å². The number of carbonyl (C=O) groups excluding carboxylic acids is 2. The molecule has 0 aromatic heterocycles. The van der Waals surface area contributed by atoms with Crippen LogP contribution in [0.5, 0.6) is 0 Å². The number of halogens is 1. The number of ketones is 1. The van der Waals surface area contributed by atoms with Gasteiger partial charge in [-0.15, -0.1) is 0 Å². The fraction of sp³-hybridized carbons (Fsp3) is 0.200. The summed E-state index contributed by atoms with van der Waals surface area (Å²) in [7, 11) is -2.94. The van der Waals surface area contributed by atoms with E-state index in [0.29, 0.717) is 16.1 Å². The highest BCUT2D eigenvalue weighted by molar-refractivity contribution is 7.95. The number of hydrogen-bond donors (Lipinski definition) is 2. The van der Waals surface area contributed by atoms with Crippen LogP contribution < -0.4 is 9.62 Å². The number of amides is 1. The average Bonchev–Trinajstić information content (AvgIpc) is 2.70. The first-order valence-electron chi connectivity index (χ1n) is 8.53. The number of hydrogen-bond acceptors (Lipinski definition) is 5. The summed E-state index contributed by atoms with van der Waals surface area (Å²) in [6, 6.07) is 11.1. The first kappa shape index (κ1) is 20.9. The fourth-order valence-electron chi connectivity index (χ4n) is 2.94. The third-order valence-electron chi connectivity index (χ3n) is 4.45. The van der Waals surface area contributed by atoms with Crippen molar-refractivity contribution < 1.29 is 23.1 Å². The summed E-state index contributed by atoms with van der Waals surface area (Å²) in [6.07, 6.45) is 0. The highest BCUT2D eigenvalue weighted by Crippen LogP contribution is 2.32. The van der Waals surface area contributed by atoms with E-state index in [0.717, 1.165) is 4.31 Å². The van der Waals surface area contributed by atoms with Crippen molar-refractivity contribution in [1.82, 2.24) is 5.32 Å². The third kappa shape index (κ3) is 4.12. The molecule has 0 fully saturated rings. The molecule has 1 unspecified atom stereocenters. The number of benzene rings is 2. The quantitative estimate of drug-likeness (QED) is 0.562. The van der Waals surface area contributed by atoms with E-state index in [1.54, 1.807) is 30.3 Å². The molecule has 1 heterocycles. The van der Waals surface area contributed by atoms with Gasteiger partial charge in [0.05, 0.1) is 5.69 Å². The molecule has 1 amide bonds. The van der Waals surface area contributed by atoms with Gasteiger partial charge in [-0.3, -0.25) is 13.9 Å². The lowest BCUT2D eigenvalue weighted by Gasteiger charge is -2.31. The molecule has 0 saturated carbocycles. The number of nitrogens with zero attached hydrogens (tertiary/aromatic N) is 1. The molecule has 150 valence electrons. The molecule has 0 aliphatic carbocycles. The van der Waals surface area contributed by atoms with E-state index in [4.69, 9.17) is 16.7 Å². The maximum Gasteiger partial charge on any atom is 0.254 e. The van der Waals surface area contributed by atoms with Crippen LogP contribution in [0.25, 0.3) is 0 Å². The normalized spacial score (nSPS) is 17.1. The number of Topliss-reactive ketones (excluding diaryl/α,β-unsaturated/α-hetero) is 1. The van der Waals surface area contributed by atoms with Crippen molar-refractivity contribution in [3.8, 4) is 11.8 Å². The number of fused-ring (bicyclic) bond motifs is 1. The number of aliphatic hydroxyl groups is 1. The van der Waals surface area contributed by atoms with Gasteiger partial charge in [0, 0.05) is 29.7 Å². The number of aliphatic hydroxyl groups excluding tert-OH is 1. The van der Waals surface area contributed by atoms with Crippen molar-refractivity contribution in [1.29, 1.82) is 0 Å². The zero-order valence-corrected chi connectivity index (χ0v) is 16.9. The van der Waals surface area contributed by atoms with Gasteiger partial charge in [-0.1, -0.05) is 35.6 Å². The van der Waals surface area contributed by atoms with Crippen LogP contribution in [0.1, 0.15) is 21.5 Å². The molecule has 7 nitrogen and oxygen atoms in total. The second-order valence-electron chi connectivity index (χ2n) is 6.29. The molecule has 0 saturated heterocycles. The van der Waals surface area contributed by atoms with Crippen LogP contribution in [0.2, 0.25) is 5.02 Å². The largest absolute Gasteiger partial charge is 0.384 e. The van der Waals surface area contributed by atoms with Gasteiger partial charge in [0.15, 0.2) is 5.78 Å². The molecule has 29 heavy (non-hydrogen) atoms. The lowest BCUT2D eigenvalue weighted by molar-refractivity contribution is -0.120. The van der Waals surface area contributed by atoms with Gasteiger partial charge in [-0.05, 0) is 35.9 Å². The Morgan fingerprint density at radius 2 is 1.93 bits per heavy atom. The molecule has 0 bridgehead atoms. The van der Waals surface area contributed by atoms with E-state index >= 15 is 0 Å². The maximum absolute atomic E-state index is 12.9. The van der Waals surface area contributed by atoms with E-state index in [2.05, 4.69) is 17.2 Å². The third-order valence-corrected chi connectivity index (χ3v) is 6.68. The van der Waals surface area contributed by atoms with Gasteiger partial charge in [0.2, 0.25) is 11.2 Å². The molecule has 3 rings (SSSR count). The minimum Gasteiger partial charge on any atom is -0.384 e. The van der Waals surface area contributed by atoms with Crippen molar-refractivity contribution in [2.24, 2.45) is 0 Å². The van der Waals surface area contributed by atoms with E-state index < -0.39 is 27.0 Å². The molecular formula is C20H17ClN2O5S. The Morgan fingerprint density at radius 1 is 1.24 bits per heavy atom. The molecule has 1 atom stereocenters. The van der Waals surface area contributed by atoms with Crippen molar-refractivity contribution in [3.05, 3.63) is 64.2 Å². The second-order valence-corrected chi connectivity index (χ2v) is 8.78. The van der Waals surface area contributed by atoms with E-state index in [1.807, 2.05) is 0 Å². The SMILES string of the molecule is CN1c2ccc(C#CCO)cc2C(=O)C(C(=O)NCc2ccc(Cl)cc2)S1(=O)=O. The average molecular weight is 433 g/mol. The molecule has 0 radical (unpaired) electrons. The van der Waals surface area contributed by atoms with Crippen LogP contribution in [0.4, 0.5) is 5.69 Å². The molecule has 2 aromatic carbocycles. The Bertz CT molecular complexity index is 1130. The van der Waals surface area contributed by atoms with E-state index in [9.17, 15) is 18.0 Å². The summed E-state index contributed by atoms with van der Waals surface area (Å²) >= 11 is 5.82. The molecule has 1 aliphatic rings. The van der Waals surface area contributed by atoms with Gasteiger partial charge >= 0.3 is 0 Å². The highest BCUT2D eigenvalue weighted by Gasteiger charge is 2.47. The number of anilines is 1. The van der Waals surface area contributed by atoms with Crippen LogP contribution in [0.3, 0.4) is 0 Å². The first-order chi connectivity index (χ1) is 13.8. The monoisotopic (exact) mass is 432 g/mol. The van der Waals surface area contributed by atoms with Gasteiger partial charge in [0.25, 0.3) is 10.0 Å². The van der Waals surface area contributed by atoms with Gasteiger partial charge in [-0.25, -0.2) is 8.42 Å². The summed E-state index contributed by atoms with van der Waals surface area (Å²) in [5, 5.41) is 9.96. The predicted octanol–water partition coefficient (Wildman–Crippen LogP) is 1.33. The van der Waals surface area contributed by atoms with Crippen molar-refractivity contribution in [2.45, 2.75) is 11.8 Å². The zero-order chi connectivity index (χ0) is 21.2. The highest BCUT2D eigenvalue weighted by atomic mass is 35.5. The summed E-state index contributed by atoms with van der Waals surface area (Å²) in [5.74, 6) is 3.40. The smallest absolute Gasteiger partial charge is 0.254 e. The fourth-order valence-corrected chi connectivity index (χ4v) is 4.56. The Morgan fingerprint density at radius 3 is 2.59 bits per heavy atom. The Hall–Kier alpha value is -2.86. The first-order valence-corrected chi connectivity index (χ1v) is 10.4. The number of sulfonamides is 1. The summed E-state index contributed by atoms with van der Waals surface area (Å²) in [5.41, 5.74) is 1.39. The number of nitrogens with one attached hydrogen (secondary N) is 1. The molecule has 9 heteroatoms. The van der Waals surface area contributed by atoms with Gasteiger partial charge in [0.1, 0.15) is 6.61 Å². The topological polar surface area (TPSA) is 104 Å². The predicted molar refractivity (Wildman–Crippen MR) is 109 cm³/mol.